The number of nitrogens with two attached hydrogens (primary N) is 1. The number of hydrogen-bond acceptors (Lipinski definition) is 4. The Labute approximate surface area is 108 Å². The van der Waals surface area contributed by atoms with Gasteiger partial charge < -0.3 is 5.73 Å². The number of aromatic nitrogens is 3. The van der Waals surface area contributed by atoms with Gasteiger partial charge in [0, 0.05) is 19.0 Å². The summed E-state index contributed by atoms with van der Waals surface area (Å²) in [6, 6.07) is 0.319. The summed E-state index contributed by atoms with van der Waals surface area (Å²) in [5.74, 6) is 0.990. The highest BCUT2D eigenvalue weighted by atomic mass is 32.1. The highest BCUT2D eigenvalue weighted by Gasteiger charge is 2.13. The SMILES string of the molecule is CCCn1ncnc1CN(C)C(C)CC(N)=S. The van der Waals surface area contributed by atoms with Crippen LogP contribution in [0.5, 0.6) is 0 Å². The van der Waals surface area contributed by atoms with E-state index in [0.29, 0.717) is 11.0 Å². The van der Waals surface area contributed by atoms with Gasteiger partial charge in [0.05, 0.1) is 11.5 Å². The van der Waals surface area contributed by atoms with Crippen LogP contribution in [0.4, 0.5) is 0 Å². The Morgan fingerprint density at radius 1 is 1.65 bits per heavy atom. The molecule has 0 amide bonds. The van der Waals surface area contributed by atoms with Gasteiger partial charge in [0.15, 0.2) is 0 Å². The van der Waals surface area contributed by atoms with E-state index in [1.807, 2.05) is 11.7 Å². The van der Waals surface area contributed by atoms with Crippen LogP contribution in [0.2, 0.25) is 0 Å². The predicted molar refractivity (Wildman–Crippen MR) is 72.6 cm³/mol. The highest BCUT2D eigenvalue weighted by Crippen LogP contribution is 2.07. The molecule has 0 aromatic carbocycles. The Morgan fingerprint density at radius 2 is 2.35 bits per heavy atom. The van der Waals surface area contributed by atoms with Crippen LogP contribution in [0.3, 0.4) is 0 Å². The van der Waals surface area contributed by atoms with E-state index in [-0.39, 0.29) is 0 Å². The van der Waals surface area contributed by atoms with E-state index in [2.05, 4.69) is 28.8 Å². The molecule has 0 bridgehead atoms. The quantitative estimate of drug-likeness (QED) is 0.742. The Balaban J connectivity index is 2.57. The molecule has 6 heteroatoms. The van der Waals surface area contributed by atoms with Crippen molar-refractivity contribution in [3.8, 4) is 0 Å². The molecule has 1 aromatic rings. The Morgan fingerprint density at radius 3 is 2.94 bits per heavy atom. The van der Waals surface area contributed by atoms with Gasteiger partial charge in [-0.15, -0.1) is 0 Å². The largest absolute Gasteiger partial charge is 0.393 e. The molecule has 5 nitrogen and oxygen atoms in total. The van der Waals surface area contributed by atoms with Crippen molar-refractivity contribution in [2.24, 2.45) is 5.73 Å². The molecule has 0 aliphatic rings. The lowest BCUT2D eigenvalue weighted by molar-refractivity contribution is 0.244. The summed E-state index contributed by atoms with van der Waals surface area (Å²) in [7, 11) is 2.05. The summed E-state index contributed by atoms with van der Waals surface area (Å²) in [6.45, 7) is 5.92. The van der Waals surface area contributed by atoms with Crippen LogP contribution >= 0.6 is 12.2 Å². The van der Waals surface area contributed by atoms with Gasteiger partial charge in [-0.3, -0.25) is 4.90 Å². The second-order valence-electron chi connectivity index (χ2n) is 4.33. The number of nitrogens with zero attached hydrogens (tertiary/aromatic N) is 4. The van der Waals surface area contributed by atoms with Crippen LogP contribution in [0.1, 0.15) is 32.5 Å². The van der Waals surface area contributed by atoms with Gasteiger partial charge in [-0.25, -0.2) is 9.67 Å². The molecule has 0 radical (unpaired) electrons. The first kappa shape index (κ1) is 14.1. The van der Waals surface area contributed by atoms with Gasteiger partial charge in [-0.2, -0.15) is 5.10 Å². The molecular formula is C11H21N5S. The Bertz CT molecular complexity index is 362. The normalized spacial score (nSPS) is 12.9. The lowest BCUT2D eigenvalue weighted by atomic mass is 10.2. The van der Waals surface area contributed by atoms with Crippen molar-refractivity contribution in [1.82, 2.24) is 19.7 Å². The maximum Gasteiger partial charge on any atom is 0.141 e. The summed E-state index contributed by atoms with van der Waals surface area (Å²) in [5.41, 5.74) is 5.55. The van der Waals surface area contributed by atoms with E-state index in [1.54, 1.807) is 6.33 Å². The molecule has 0 saturated heterocycles. The summed E-state index contributed by atoms with van der Waals surface area (Å²) in [6.07, 6.45) is 3.40. The fraction of sp³-hybridized carbons (Fsp3) is 0.727. The van der Waals surface area contributed by atoms with Gasteiger partial charge in [0.2, 0.25) is 0 Å². The van der Waals surface area contributed by atoms with E-state index in [0.717, 1.165) is 31.8 Å². The van der Waals surface area contributed by atoms with E-state index in [4.69, 9.17) is 18.0 Å². The lowest BCUT2D eigenvalue weighted by Crippen LogP contribution is -2.33. The van der Waals surface area contributed by atoms with Crippen molar-refractivity contribution < 1.29 is 0 Å². The van der Waals surface area contributed by atoms with Gasteiger partial charge in [0.1, 0.15) is 12.2 Å². The van der Waals surface area contributed by atoms with Gasteiger partial charge in [-0.05, 0) is 20.4 Å². The van der Waals surface area contributed by atoms with Crippen LogP contribution in [-0.2, 0) is 13.1 Å². The molecule has 0 fully saturated rings. The van der Waals surface area contributed by atoms with Crippen molar-refractivity contribution in [1.29, 1.82) is 0 Å². The molecule has 0 saturated carbocycles. The fourth-order valence-corrected chi connectivity index (χ4v) is 1.88. The first-order chi connectivity index (χ1) is 8.04. The minimum atomic E-state index is 0.319. The van der Waals surface area contributed by atoms with Gasteiger partial charge >= 0.3 is 0 Å². The maximum absolute atomic E-state index is 5.55. The number of rotatable bonds is 7. The molecule has 1 atom stereocenters. The molecule has 1 rings (SSSR count). The second-order valence-corrected chi connectivity index (χ2v) is 4.86. The molecule has 0 aliphatic carbocycles. The summed E-state index contributed by atoms with van der Waals surface area (Å²) in [4.78, 5) is 7.03. The summed E-state index contributed by atoms with van der Waals surface area (Å²) in [5, 5.41) is 4.21. The Hall–Kier alpha value is -1.01. The van der Waals surface area contributed by atoms with Crippen LogP contribution in [-0.4, -0.2) is 37.7 Å². The average molecular weight is 255 g/mol. The van der Waals surface area contributed by atoms with Crippen LogP contribution in [0.25, 0.3) is 0 Å². The summed E-state index contributed by atoms with van der Waals surface area (Å²) < 4.78 is 1.95. The third kappa shape index (κ3) is 4.40. The van der Waals surface area contributed by atoms with Crippen molar-refractivity contribution in [3.05, 3.63) is 12.2 Å². The molecule has 0 spiro atoms. The molecular weight excluding hydrogens is 234 g/mol. The number of thiocarbonyl (C=S) groups is 1. The zero-order valence-electron chi connectivity index (χ0n) is 10.8. The zero-order chi connectivity index (χ0) is 12.8. The molecule has 17 heavy (non-hydrogen) atoms. The third-order valence-electron chi connectivity index (χ3n) is 2.77. The summed E-state index contributed by atoms with van der Waals surface area (Å²) >= 11 is 4.92. The van der Waals surface area contributed by atoms with Crippen molar-refractivity contribution in [3.63, 3.8) is 0 Å². The molecule has 96 valence electrons. The third-order valence-corrected chi connectivity index (χ3v) is 2.94. The predicted octanol–water partition coefficient (Wildman–Crippen LogP) is 1.18. The number of hydrogen-bond donors (Lipinski definition) is 1. The molecule has 1 aromatic heterocycles. The average Bonchev–Trinajstić information content (AvgIpc) is 2.65. The lowest BCUT2D eigenvalue weighted by Gasteiger charge is -2.23. The highest BCUT2D eigenvalue weighted by molar-refractivity contribution is 7.80. The van der Waals surface area contributed by atoms with Crippen LogP contribution < -0.4 is 5.73 Å². The standard InChI is InChI=1S/C11H21N5S/c1-4-5-16-11(13-8-14-16)7-15(3)9(2)6-10(12)17/h8-9H,4-7H2,1-3H3,(H2,12,17). The van der Waals surface area contributed by atoms with E-state index >= 15 is 0 Å². The van der Waals surface area contributed by atoms with Crippen molar-refractivity contribution >= 4 is 17.2 Å². The van der Waals surface area contributed by atoms with Gasteiger partial charge in [0.25, 0.3) is 0 Å². The van der Waals surface area contributed by atoms with Crippen molar-refractivity contribution in [2.75, 3.05) is 7.05 Å². The zero-order valence-corrected chi connectivity index (χ0v) is 11.6. The van der Waals surface area contributed by atoms with Crippen LogP contribution in [0, 0.1) is 0 Å². The Kier molecular flexibility index (Phi) is 5.50. The smallest absolute Gasteiger partial charge is 0.141 e. The van der Waals surface area contributed by atoms with Crippen molar-refractivity contribution in [2.45, 2.75) is 45.8 Å². The van der Waals surface area contributed by atoms with E-state index in [1.165, 1.54) is 0 Å². The molecule has 1 heterocycles. The monoisotopic (exact) mass is 255 g/mol. The number of aryl methyl sites for hydroxylation is 1. The first-order valence-corrected chi connectivity index (χ1v) is 6.30. The maximum atomic E-state index is 5.55. The van der Waals surface area contributed by atoms with E-state index in [9.17, 15) is 0 Å². The molecule has 1 unspecified atom stereocenters. The second kappa shape index (κ2) is 6.66. The molecule has 2 N–H and O–H groups in total. The minimum Gasteiger partial charge on any atom is -0.393 e. The topological polar surface area (TPSA) is 60.0 Å². The first-order valence-electron chi connectivity index (χ1n) is 5.89. The fourth-order valence-electron chi connectivity index (χ4n) is 1.64. The minimum absolute atomic E-state index is 0.319. The van der Waals surface area contributed by atoms with Gasteiger partial charge in [-0.1, -0.05) is 19.1 Å². The molecule has 0 aliphatic heterocycles. The van der Waals surface area contributed by atoms with E-state index < -0.39 is 0 Å². The van der Waals surface area contributed by atoms with Crippen LogP contribution in [0.15, 0.2) is 6.33 Å².